The molecule has 0 aromatic heterocycles. The number of hydrogen-bond acceptors (Lipinski definition) is 1. The molecule has 0 saturated heterocycles. The normalized spacial score (nSPS) is 0.750. The molecule has 0 unspecified atom stereocenters. The van der Waals surface area contributed by atoms with Gasteiger partial charge in [0.15, 0.2) is 0 Å². The summed E-state index contributed by atoms with van der Waals surface area (Å²) in [6, 6.07) is 0. The predicted octanol–water partition coefficient (Wildman–Crippen LogP) is -0.658. The fourth-order valence-electron chi connectivity index (χ4n) is 0. The average molecular weight is 141 g/mol. The quantitative estimate of drug-likeness (QED) is 0.409. The van der Waals surface area contributed by atoms with E-state index in [1.807, 2.05) is 0 Å². The van der Waals surface area contributed by atoms with Gasteiger partial charge in [-0.3, -0.25) is 0 Å². The zero-order valence-corrected chi connectivity index (χ0v) is 6.51. The van der Waals surface area contributed by atoms with Crippen LogP contribution in [0.3, 0.4) is 0 Å². The Hall–Kier alpha value is 2.11. The monoisotopic (exact) mass is 141 g/mol. The van der Waals surface area contributed by atoms with Gasteiger partial charge in [0.1, 0.15) is 0 Å². The van der Waals surface area contributed by atoms with Crippen molar-refractivity contribution in [3.05, 3.63) is 0 Å². The molecule has 0 heterocycles. The van der Waals surface area contributed by atoms with Gasteiger partial charge in [0.25, 0.3) is 0 Å². The van der Waals surface area contributed by atoms with Crippen molar-refractivity contribution in [2.24, 2.45) is 0 Å². The molecule has 0 atom stereocenters. The second-order valence-electron chi connectivity index (χ2n) is 0. The fraction of sp³-hybridized carbons (Fsp3) is 0. The Kier molecular flexibility index (Phi) is 79.9. The van der Waals surface area contributed by atoms with E-state index in [9.17, 15) is 0 Å². The molecule has 0 N–H and O–H groups in total. The van der Waals surface area contributed by atoms with Crippen LogP contribution in [0.25, 0.3) is 0 Å². The summed E-state index contributed by atoms with van der Waals surface area (Å²) in [7, 11) is 0. The summed E-state index contributed by atoms with van der Waals surface area (Å²) in [5, 5.41) is 0. The van der Waals surface area contributed by atoms with Gasteiger partial charge in [0.05, 0.1) is 0 Å². The molecule has 1 radical (unpaired) electrons. The Morgan fingerprint density at radius 1 is 1.50 bits per heavy atom. The first-order valence-corrected chi connectivity index (χ1v) is 0.707. The van der Waals surface area contributed by atoms with Crippen molar-refractivity contribution in [1.82, 2.24) is 0 Å². The minimum absolute atomic E-state index is 0. The molecule has 0 amide bonds. The molecule has 0 aliphatic heterocycles. The molecule has 4 heavy (non-hydrogen) atoms. The van der Waals surface area contributed by atoms with Gasteiger partial charge in [-0.1, -0.05) is 0 Å². The third-order valence-electron chi connectivity index (χ3n) is 0. The molecule has 21 valence electrons. The molecular weight excluding hydrogens is 139 g/mol. The second-order valence-corrected chi connectivity index (χ2v) is 0. The van der Waals surface area contributed by atoms with Crippen LogP contribution in [-0.4, -0.2) is 54.0 Å². The van der Waals surface area contributed by atoms with Crippen LogP contribution in [0.1, 0.15) is 2.85 Å². The number of hydrogen-bond donors (Lipinski definition) is 0. The summed E-state index contributed by atoms with van der Waals surface area (Å²) in [4.78, 5) is 0. The summed E-state index contributed by atoms with van der Waals surface area (Å²) >= 11 is 1.17. The van der Waals surface area contributed by atoms with E-state index in [2.05, 4.69) is 0 Å². The van der Waals surface area contributed by atoms with Crippen LogP contribution in [-0.2, 0) is 20.9 Å². The second kappa shape index (κ2) is 19.4. The first-order valence-electron chi connectivity index (χ1n) is 0.236. The van der Waals surface area contributed by atoms with Gasteiger partial charge in [-0.25, -0.2) is 0 Å². The maximum atomic E-state index is 8.17. The van der Waals surface area contributed by atoms with Crippen molar-refractivity contribution >= 4 is 54.0 Å². The SMILES string of the molecule is [Ca+2].[Fe].[H-].[H-].[O]=[Al]. The molecule has 0 aromatic carbocycles. The summed E-state index contributed by atoms with van der Waals surface area (Å²) in [6.07, 6.45) is 0. The summed E-state index contributed by atoms with van der Waals surface area (Å²) in [5.41, 5.74) is 0. The van der Waals surface area contributed by atoms with Gasteiger partial charge in [0, 0.05) is 17.1 Å². The van der Waals surface area contributed by atoms with Crippen molar-refractivity contribution in [3.8, 4) is 0 Å². The molecule has 0 rings (SSSR count). The molecule has 0 fully saturated rings. The van der Waals surface area contributed by atoms with E-state index in [-0.39, 0.29) is 57.7 Å². The van der Waals surface area contributed by atoms with E-state index in [0.29, 0.717) is 0 Å². The van der Waals surface area contributed by atoms with Crippen LogP contribution in [0.15, 0.2) is 0 Å². The predicted molar refractivity (Wildman–Crippen MR) is 14.4 cm³/mol. The Labute approximate surface area is 76.6 Å². The van der Waals surface area contributed by atoms with Gasteiger partial charge in [0.2, 0.25) is 0 Å². The third kappa shape index (κ3) is 8.93. The standard InChI is InChI=1S/Al.Ca.Fe.O.2H/q;+2;;;2*-1. The summed E-state index contributed by atoms with van der Waals surface area (Å²) in [5.74, 6) is 0. The number of rotatable bonds is 0. The molecule has 1 nitrogen and oxygen atoms in total. The summed E-state index contributed by atoms with van der Waals surface area (Å²) in [6.45, 7) is 0. The molecule has 4 heteroatoms. The molecule has 0 aliphatic carbocycles. The summed E-state index contributed by atoms with van der Waals surface area (Å²) < 4.78 is 8.17. The molecule has 0 saturated carbocycles. The van der Waals surface area contributed by atoms with E-state index in [1.165, 1.54) is 16.2 Å². The van der Waals surface area contributed by atoms with Gasteiger partial charge >= 0.3 is 57.8 Å². The zero-order chi connectivity index (χ0) is 2.00. The Morgan fingerprint density at radius 2 is 1.50 bits per heavy atom. The third-order valence-corrected chi connectivity index (χ3v) is 0. The first-order chi connectivity index (χ1) is 1.00. The van der Waals surface area contributed by atoms with Crippen LogP contribution in [0.4, 0.5) is 0 Å². The molecule has 0 bridgehead atoms. The van der Waals surface area contributed by atoms with Crippen molar-refractivity contribution in [3.63, 3.8) is 0 Å². The van der Waals surface area contributed by atoms with Gasteiger partial charge in [-0.15, -0.1) is 0 Å². The molecular formula is H2AlCaFeO. The van der Waals surface area contributed by atoms with E-state index < -0.39 is 0 Å². The van der Waals surface area contributed by atoms with Crippen LogP contribution in [0.5, 0.6) is 0 Å². The first kappa shape index (κ1) is 16.5. The van der Waals surface area contributed by atoms with Crippen LogP contribution >= 0.6 is 0 Å². The van der Waals surface area contributed by atoms with Crippen molar-refractivity contribution in [2.45, 2.75) is 0 Å². The van der Waals surface area contributed by atoms with Gasteiger partial charge < -0.3 is 2.85 Å². The maximum absolute atomic E-state index is 8.17. The van der Waals surface area contributed by atoms with Crippen LogP contribution in [0, 0.1) is 0 Å². The fourth-order valence-corrected chi connectivity index (χ4v) is 0. The van der Waals surface area contributed by atoms with Crippen molar-refractivity contribution in [2.75, 3.05) is 0 Å². The Bertz CT molecular complexity index is 13.5. The zero-order valence-electron chi connectivity index (χ0n) is 4.05. The van der Waals surface area contributed by atoms with Crippen LogP contribution in [0.2, 0.25) is 0 Å². The minimum atomic E-state index is 0. The topological polar surface area (TPSA) is 17.1 Å². The van der Waals surface area contributed by atoms with E-state index in [0.717, 1.165) is 0 Å². The van der Waals surface area contributed by atoms with E-state index in [4.69, 9.17) is 3.80 Å². The van der Waals surface area contributed by atoms with Gasteiger partial charge in [-0.2, -0.15) is 0 Å². The average Bonchev–Trinajstić information content (AvgIpc) is 1.00. The van der Waals surface area contributed by atoms with Crippen LogP contribution < -0.4 is 0 Å². The molecule has 0 spiro atoms. The van der Waals surface area contributed by atoms with E-state index in [1.54, 1.807) is 0 Å². The van der Waals surface area contributed by atoms with Crippen molar-refractivity contribution in [1.29, 1.82) is 0 Å². The van der Waals surface area contributed by atoms with E-state index >= 15 is 0 Å². The Morgan fingerprint density at radius 3 is 1.50 bits per heavy atom. The van der Waals surface area contributed by atoms with Gasteiger partial charge in [-0.05, 0) is 0 Å². The Balaban J connectivity index is -0.000000000833. The molecule has 0 aliphatic rings. The van der Waals surface area contributed by atoms with Crippen molar-refractivity contribution < 1.29 is 23.7 Å². The molecule has 0 aromatic rings.